The first kappa shape index (κ1) is 9.51. The summed E-state index contributed by atoms with van der Waals surface area (Å²) in [5.74, 6) is 0.701. The zero-order chi connectivity index (χ0) is 9.97. The summed E-state index contributed by atoms with van der Waals surface area (Å²) < 4.78 is 0. The highest BCUT2D eigenvalue weighted by Gasteiger charge is 2.13. The number of benzene rings is 1. The minimum absolute atomic E-state index is 0.701. The highest BCUT2D eigenvalue weighted by molar-refractivity contribution is 5.61. The molecule has 0 spiro atoms. The Bertz CT molecular complexity index is 347. The van der Waals surface area contributed by atoms with E-state index < -0.39 is 0 Å². The highest BCUT2D eigenvalue weighted by Crippen LogP contribution is 2.31. The van der Waals surface area contributed by atoms with Gasteiger partial charge in [0.1, 0.15) is 0 Å². The molecule has 0 fully saturated rings. The maximum absolute atomic E-state index is 2.32. The lowest BCUT2D eigenvalue weighted by Gasteiger charge is -2.20. The van der Waals surface area contributed by atoms with Crippen molar-refractivity contribution in [2.24, 2.45) is 0 Å². The number of fused-ring (bicyclic) bond motifs is 1. The summed E-state index contributed by atoms with van der Waals surface area (Å²) in [7, 11) is 0. The number of rotatable bonds is 2. The molecule has 1 aliphatic carbocycles. The number of hydrogen-bond acceptors (Lipinski definition) is 0. The van der Waals surface area contributed by atoms with Crippen LogP contribution in [0.5, 0.6) is 0 Å². The number of aryl methyl sites for hydroxylation is 1. The number of allylic oxidation sites excluding steroid dienone is 1. The molecule has 0 N–H and O–H groups in total. The van der Waals surface area contributed by atoms with Crippen LogP contribution in [0, 0.1) is 0 Å². The minimum Gasteiger partial charge on any atom is -0.0833 e. The third-order valence-corrected chi connectivity index (χ3v) is 3.05. The quantitative estimate of drug-likeness (QED) is 0.650. The maximum atomic E-state index is 2.32. The van der Waals surface area contributed by atoms with Gasteiger partial charge in [0.2, 0.25) is 0 Å². The largest absolute Gasteiger partial charge is 0.0833 e. The average molecular weight is 186 g/mol. The third-order valence-electron chi connectivity index (χ3n) is 3.05. The second-order valence-corrected chi connectivity index (χ2v) is 4.21. The number of hydrogen-bond donors (Lipinski definition) is 0. The van der Waals surface area contributed by atoms with Crippen LogP contribution in [-0.2, 0) is 6.42 Å². The van der Waals surface area contributed by atoms with Crippen molar-refractivity contribution in [1.29, 1.82) is 0 Å². The van der Waals surface area contributed by atoms with E-state index in [0.717, 1.165) is 0 Å². The monoisotopic (exact) mass is 186 g/mol. The Morgan fingerprint density at radius 1 is 1.36 bits per heavy atom. The summed E-state index contributed by atoms with van der Waals surface area (Å²) in [5.41, 5.74) is 4.55. The Morgan fingerprint density at radius 2 is 2.21 bits per heavy atom. The fourth-order valence-electron chi connectivity index (χ4n) is 2.27. The summed E-state index contributed by atoms with van der Waals surface area (Å²) >= 11 is 0. The van der Waals surface area contributed by atoms with Gasteiger partial charge in [-0.1, -0.05) is 50.6 Å². The van der Waals surface area contributed by atoms with Crippen molar-refractivity contribution >= 4 is 6.08 Å². The molecule has 0 saturated carbocycles. The van der Waals surface area contributed by atoms with Crippen molar-refractivity contribution in [2.45, 2.75) is 39.0 Å². The van der Waals surface area contributed by atoms with Gasteiger partial charge in [-0.3, -0.25) is 0 Å². The maximum Gasteiger partial charge on any atom is -0.0150 e. The molecular weight excluding hydrogens is 168 g/mol. The Morgan fingerprint density at radius 3 is 3.00 bits per heavy atom. The van der Waals surface area contributed by atoms with Crippen LogP contribution >= 0.6 is 0 Å². The van der Waals surface area contributed by atoms with Gasteiger partial charge in [-0.15, -0.1) is 0 Å². The van der Waals surface area contributed by atoms with Gasteiger partial charge in [0, 0.05) is 0 Å². The zero-order valence-electron chi connectivity index (χ0n) is 9.09. The summed E-state index contributed by atoms with van der Waals surface area (Å²) in [6.45, 7) is 4.56. The standard InChI is InChI=1S/C14H18/c1-3-6-12-8-5-9-13-11(2)7-4-10-14(12)13/h4-5,8-11H,3,6-7H2,1-2H3. The van der Waals surface area contributed by atoms with Crippen LogP contribution in [0.3, 0.4) is 0 Å². The van der Waals surface area contributed by atoms with Gasteiger partial charge in [-0.05, 0) is 35.4 Å². The van der Waals surface area contributed by atoms with Crippen LogP contribution in [0.25, 0.3) is 6.08 Å². The predicted octanol–water partition coefficient (Wildman–Crippen LogP) is 4.16. The molecule has 1 atom stereocenters. The smallest absolute Gasteiger partial charge is 0.0150 e. The summed E-state index contributed by atoms with van der Waals surface area (Å²) in [4.78, 5) is 0. The molecule has 0 radical (unpaired) electrons. The van der Waals surface area contributed by atoms with E-state index in [9.17, 15) is 0 Å². The predicted molar refractivity (Wildman–Crippen MR) is 62.5 cm³/mol. The van der Waals surface area contributed by atoms with Gasteiger partial charge in [0.05, 0.1) is 0 Å². The molecule has 0 aliphatic heterocycles. The second-order valence-electron chi connectivity index (χ2n) is 4.21. The summed E-state index contributed by atoms with van der Waals surface area (Å²) in [6, 6.07) is 6.76. The Labute approximate surface area is 86.7 Å². The highest BCUT2D eigenvalue weighted by atomic mass is 14.2. The lowest BCUT2D eigenvalue weighted by atomic mass is 9.85. The van der Waals surface area contributed by atoms with E-state index in [-0.39, 0.29) is 0 Å². The summed E-state index contributed by atoms with van der Waals surface area (Å²) in [6.07, 6.45) is 8.26. The Hall–Kier alpha value is -1.04. The van der Waals surface area contributed by atoms with E-state index in [2.05, 4.69) is 44.2 Å². The molecule has 0 bridgehead atoms. The van der Waals surface area contributed by atoms with Gasteiger partial charge in [-0.25, -0.2) is 0 Å². The molecule has 2 rings (SSSR count). The van der Waals surface area contributed by atoms with Crippen LogP contribution in [-0.4, -0.2) is 0 Å². The van der Waals surface area contributed by atoms with Crippen molar-refractivity contribution in [3.05, 3.63) is 41.0 Å². The molecule has 0 heteroatoms. The molecule has 1 aromatic rings. The van der Waals surface area contributed by atoms with Crippen LogP contribution in [0.4, 0.5) is 0 Å². The van der Waals surface area contributed by atoms with Crippen molar-refractivity contribution in [3.8, 4) is 0 Å². The van der Waals surface area contributed by atoms with Crippen molar-refractivity contribution in [3.63, 3.8) is 0 Å². The zero-order valence-corrected chi connectivity index (χ0v) is 9.09. The first-order valence-electron chi connectivity index (χ1n) is 5.61. The molecule has 14 heavy (non-hydrogen) atoms. The van der Waals surface area contributed by atoms with Gasteiger partial charge in [-0.2, -0.15) is 0 Å². The van der Waals surface area contributed by atoms with Crippen molar-refractivity contribution in [1.82, 2.24) is 0 Å². The van der Waals surface area contributed by atoms with Gasteiger partial charge in [0.15, 0.2) is 0 Å². The molecule has 0 amide bonds. The molecule has 1 aromatic carbocycles. The lowest BCUT2D eigenvalue weighted by Crippen LogP contribution is -2.02. The van der Waals surface area contributed by atoms with Crippen LogP contribution in [0.15, 0.2) is 24.3 Å². The van der Waals surface area contributed by atoms with Gasteiger partial charge in [0.25, 0.3) is 0 Å². The molecule has 74 valence electrons. The van der Waals surface area contributed by atoms with Gasteiger partial charge >= 0.3 is 0 Å². The topological polar surface area (TPSA) is 0 Å². The SMILES string of the molecule is CCCc1cccc2c1C=CCC2C. The molecule has 1 unspecified atom stereocenters. The molecule has 0 aromatic heterocycles. The molecule has 0 heterocycles. The lowest BCUT2D eigenvalue weighted by molar-refractivity contribution is 0.766. The van der Waals surface area contributed by atoms with Gasteiger partial charge < -0.3 is 0 Å². The van der Waals surface area contributed by atoms with Crippen molar-refractivity contribution < 1.29 is 0 Å². The Balaban J connectivity index is 2.46. The van der Waals surface area contributed by atoms with E-state index in [1.165, 1.54) is 30.4 Å². The van der Waals surface area contributed by atoms with Crippen LogP contribution < -0.4 is 0 Å². The average Bonchev–Trinajstić information content (AvgIpc) is 2.20. The minimum atomic E-state index is 0.701. The van der Waals surface area contributed by atoms with E-state index >= 15 is 0 Å². The van der Waals surface area contributed by atoms with E-state index in [4.69, 9.17) is 0 Å². The first-order chi connectivity index (χ1) is 6.83. The summed E-state index contributed by atoms with van der Waals surface area (Å²) in [5, 5.41) is 0. The molecule has 1 aliphatic rings. The van der Waals surface area contributed by atoms with Crippen molar-refractivity contribution in [2.75, 3.05) is 0 Å². The fraction of sp³-hybridized carbons (Fsp3) is 0.429. The fourth-order valence-corrected chi connectivity index (χ4v) is 2.27. The normalized spacial score (nSPS) is 19.4. The van der Waals surface area contributed by atoms with Crippen LogP contribution in [0.2, 0.25) is 0 Å². The molecular formula is C14H18. The molecule has 0 nitrogen and oxygen atoms in total. The second kappa shape index (κ2) is 4.00. The van der Waals surface area contributed by atoms with E-state index in [0.29, 0.717) is 5.92 Å². The third kappa shape index (κ3) is 1.61. The Kier molecular flexibility index (Phi) is 2.72. The molecule has 0 saturated heterocycles. The van der Waals surface area contributed by atoms with E-state index in [1.54, 1.807) is 5.56 Å². The first-order valence-corrected chi connectivity index (χ1v) is 5.61. The van der Waals surface area contributed by atoms with E-state index in [1.807, 2.05) is 0 Å². The van der Waals surface area contributed by atoms with Crippen LogP contribution in [0.1, 0.15) is 49.3 Å².